The molecule has 1 saturated heterocycles. The zero-order chi connectivity index (χ0) is 29.6. The predicted molar refractivity (Wildman–Crippen MR) is 166 cm³/mol. The Kier molecular flexibility index (Phi) is 8.76. The normalized spacial score (nSPS) is 15.7. The standard InChI is InChI=1S/C32H38N8O3/c41-28(15-12-24-8-4-5-9-24)37-18-20-38(21-19-37)32-35-30(33-17-16-25-6-2-1-3-7-25)29-31(36-32)39(23-34-29)22-26-10-13-27(14-11-26)40(42)43/h1-3,6-7,10-11,13-14,23-24H,4-5,8-9,12,15-22H2,(H,33,35,36). The fourth-order valence-corrected chi connectivity index (χ4v) is 6.14. The molecule has 1 amide bonds. The van der Waals surface area contributed by atoms with Gasteiger partial charge in [0.15, 0.2) is 17.0 Å². The summed E-state index contributed by atoms with van der Waals surface area (Å²) in [5, 5.41) is 14.6. The summed E-state index contributed by atoms with van der Waals surface area (Å²) in [6.45, 7) is 3.81. The molecule has 0 unspecified atom stereocenters. The number of anilines is 2. The van der Waals surface area contributed by atoms with Gasteiger partial charge in [-0.3, -0.25) is 14.9 Å². The van der Waals surface area contributed by atoms with Crippen LogP contribution in [0.25, 0.3) is 11.2 Å². The van der Waals surface area contributed by atoms with E-state index in [1.807, 2.05) is 27.7 Å². The van der Waals surface area contributed by atoms with E-state index in [-0.39, 0.29) is 11.6 Å². The van der Waals surface area contributed by atoms with E-state index in [0.29, 0.717) is 74.5 Å². The summed E-state index contributed by atoms with van der Waals surface area (Å²) in [5.74, 6) is 2.26. The molecule has 0 radical (unpaired) electrons. The van der Waals surface area contributed by atoms with Crippen molar-refractivity contribution in [2.24, 2.45) is 5.92 Å². The van der Waals surface area contributed by atoms with Crippen molar-refractivity contribution in [3.8, 4) is 0 Å². The van der Waals surface area contributed by atoms with Gasteiger partial charge in [0.1, 0.15) is 0 Å². The minimum atomic E-state index is -0.397. The van der Waals surface area contributed by atoms with Gasteiger partial charge in [-0.15, -0.1) is 0 Å². The Bertz CT molecular complexity index is 1540. The van der Waals surface area contributed by atoms with Crippen LogP contribution in [0.1, 0.15) is 49.7 Å². The first kappa shape index (κ1) is 28.6. The molecule has 0 atom stereocenters. The number of benzene rings is 2. The van der Waals surface area contributed by atoms with Crippen molar-refractivity contribution < 1.29 is 9.72 Å². The molecule has 0 bridgehead atoms. The number of aromatic nitrogens is 4. The highest BCUT2D eigenvalue weighted by Crippen LogP contribution is 2.29. The molecule has 6 rings (SSSR count). The van der Waals surface area contributed by atoms with Crippen LogP contribution >= 0.6 is 0 Å². The number of piperazine rings is 1. The first-order chi connectivity index (χ1) is 21.0. The highest BCUT2D eigenvalue weighted by molar-refractivity contribution is 5.84. The number of rotatable bonds is 11. The van der Waals surface area contributed by atoms with Crippen LogP contribution in [0.5, 0.6) is 0 Å². The Balaban J connectivity index is 1.19. The average molecular weight is 583 g/mol. The number of non-ortho nitro benzene ring substituents is 1. The van der Waals surface area contributed by atoms with Gasteiger partial charge in [0.25, 0.3) is 5.69 Å². The van der Waals surface area contributed by atoms with E-state index in [4.69, 9.17) is 9.97 Å². The lowest BCUT2D eigenvalue weighted by atomic mass is 10.0. The van der Waals surface area contributed by atoms with Crippen LogP contribution in [0.4, 0.5) is 17.5 Å². The summed E-state index contributed by atoms with van der Waals surface area (Å²) in [6, 6.07) is 16.8. The number of amides is 1. The number of fused-ring (bicyclic) bond motifs is 1. The molecule has 11 heteroatoms. The highest BCUT2D eigenvalue weighted by atomic mass is 16.6. The third-order valence-corrected chi connectivity index (χ3v) is 8.66. The van der Waals surface area contributed by atoms with E-state index in [1.165, 1.54) is 43.4 Å². The second-order valence-corrected chi connectivity index (χ2v) is 11.6. The van der Waals surface area contributed by atoms with Crippen molar-refractivity contribution in [3.63, 3.8) is 0 Å². The number of carbonyl (C=O) groups excluding carboxylic acids is 1. The summed E-state index contributed by atoms with van der Waals surface area (Å²) in [7, 11) is 0. The van der Waals surface area contributed by atoms with Crippen LogP contribution in [0.3, 0.4) is 0 Å². The van der Waals surface area contributed by atoms with Gasteiger partial charge < -0.3 is 19.7 Å². The fraction of sp³-hybridized carbons (Fsp3) is 0.438. The summed E-state index contributed by atoms with van der Waals surface area (Å²) in [5.41, 5.74) is 3.58. The maximum atomic E-state index is 12.9. The Morgan fingerprint density at radius 2 is 1.70 bits per heavy atom. The lowest BCUT2D eigenvalue weighted by Gasteiger charge is -2.35. The van der Waals surface area contributed by atoms with Crippen molar-refractivity contribution >= 4 is 34.5 Å². The molecule has 1 saturated carbocycles. The van der Waals surface area contributed by atoms with E-state index in [1.54, 1.807) is 18.5 Å². The molecule has 1 aliphatic carbocycles. The molecule has 2 aromatic heterocycles. The molecule has 2 aromatic carbocycles. The highest BCUT2D eigenvalue weighted by Gasteiger charge is 2.25. The van der Waals surface area contributed by atoms with Crippen LogP contribution in [-0.4, -0.2) is 68.0 Å². The minimum absolute atomic E-state index is 0.0601. The number of imidazole rings is 1. The van der Waals surface area contributed by atoms with Gasteiger partial charge in [-0.2, -0.15) is 9.97 Å². The molecule has 1 N–H and O–H groups in total. The Labute approximate surface area is 251 Å². The van der Waals surface area contributed by atoms with E-state index in [2.05, 4.69) is 27.3 Å². The molecule has 0 spiro atoms. The molecule has 224 valence electrons. The van der Waals surface area contributed by atoms with Gasteiger partial charge >= 0.3 is 0 Å². The van der Waals surface area contributed by atoms with Crippen molar-refractivity contribution in [3.05, 3.63) is 82.2 Å². The third kappa shape index (κ3) is 6.93. The Morgan fingerprint density at radius 1 is 0.953 bits per heavy atom. The molecule has 2 fully saturated rings. The SMILES string of the molecule is O=C(CCC1CCCC1)N1CCN(c2nc(NCCc3ccccc3)c3ncn(Cc4ccc([N+](=O)[O-])cc4)c3n2)CC1. The number of hydrogen-bond donors (Lipinski definition) is 1. The largest absolute Gasteiger partial charge is 0.368 e. The summed E-state index contributed by atoms with van der Waals surface area (Å²) in [6.07, 6.45) is 9.38. The second kappa shape index (κ2) is 13.2. The molecule has 3 heterocycles. The smallest absolute Gasteiger partial charge is 0.269 e. The van der Waals surface area contributed by atoms with Crippen LogP contribution in [0.15, 0.2) is 60.9 Å². The summed E-state index contributed by atoms with van der Waals surface area (Å²) in [4.78, 5) is 42.3. The molecule has 2 aliphatic rings. The first-order valence-corrected chi connectivity index (χ1v) is 15.3. The first-order valence-electron chi connectivity index (χ1n) is 15.3. The van der Waals surface area contributed by atoms with Crippen molar-refractivity contribution in [2.75, 3.05) is 42.9 Å². The van der Waals surface area contributed by atoms with Gasteiger partial charge in [0, 0.05) is 51.3 Å². The average Bonchev–Trinajstić information content (AvgIpc) is 3.71. The lowest BCUT2D eigenvalue weighted by molar-refractivity contribution is -0.384. The molecule has 11 nitrogen and oxygen atoms in total. The van der Waals surface area contributed by atoms with Crippen molar-refractivity contribution in [1.82, 2.24) is 24.4 Å². The number of nitrogens with one attached hydrogen (secondary N) is 1. The van der Waals surface area contributed by atoms with E-state index in [0.717, 1.165) is 18.4 Å². The third-order valence-electron chi connectivity index (χ3n) is 8.66. The molecule has 1 aliphatic heterocycles. The number of carbonyl (C=O) groups is 1. The van der Waals surface area contributed by atoms with E-state index in [9.17, 15) is 14.9 Å². The van der Waals surface area contributed by atoms with E-state index >= 15 is 0 Å². The number of nitro benzene ring substituents is 1. The summed E-state index contributed by atoms with van der Waals surface area (Å²) < 4.78 is 1.95. The maximum Gasteiger partial charge on any atom is 0.269 e. The molecule has 4 aromatic rings. The van der Waals surface area contributed by atoms with Crippen molar-refractivity contribution in [2.45, 2.75) is 51.5 Å². The van der Waals surface area contributed by atoms with Crippen molar-refractivity contribution in [1.29, 1.82) is 0 Å². The molecular formula is C32H38N8O3. The van der Waals surface area contributed by atoms with Crippen LogP contribution in [-0.2, 0) is 17.8 Å². The van der Waals surface area contributed by atoms with Gasteiger partial charge in [-0.05, 0) is 29.9 Å². The van der Waals surface area contributed by atoms with Gasteiger partial charge in [0.05, 0.1) is 17.8 Å². The van der Waals surface area contributed by atoms with Crippen LogP contribution in [0, 0.1) is 16.0 Å². The monoisotopic (exact) mass is 582 g/mol. The fourth-order valence-electron chi connectivity index (χ4n) is 6.14. The van der Waals surface area contributed by atoms with Crippen LogP contribution < -0.4 is 10.2 Å². The predicted octanol–water partition coefficient (Wildman–Crippen LogP) is 5.06. The van der Waals surface area contributed by atoms with Gasteiger partial charge in [0.2, 0.25) is 11.9 Å². The van der Waals surface area contributed by atoms with Gasteiger partial charge in [-0.1, -0.05) is 68.1 Å². The topological polar surface area (TPSA) is 122 Å². The molecule has 43 heavy (non-hydrogen) atoms. The second-order valence-electron chi connectivity index (χ2n) is 11.6. The van der Waals surface area contributed by atoms with Crippen LogP contribution in [0.2, 0.25) is 0 Å². The zero-order valence-corrected chi connectivity index (χ0v) is 24.4. The van der Waals surface area contributed by atoms with Gasteiger partial charge in [-0.25, -0.2) is 4.98 Å². The summed E-state index contributed by atoms with van der Waals surface area (Å²) >= 11 is 0. The lowest BCUT2D eigenvalue weighted by Crippen LogP contribution is -2.49. The number of hydrogen-bond acceptors (Lipinski definition) is 8. The van der Waals surface area contributed by atoms with E-state index < -0.39 is 4.92 Å². The quantitative estimate of drug-likeness (QED) is 0.192. The maximum absolute atomic E-state index is 12.9. The number of nitrogens with zero attached hydrogens (tertiary/aromatic N) is 7. The zero-order valence-electron chi connectivity index (χ0n) is 24.4. The Morgan fingerprint density at radius 3 is 2.42 bits per heavy atom. The Hall–Kier alpha value is -4.54. The minimum Gasteiger partial charge on any atom is -0.368 e. The number of nitro groups is 1. The molecular weight excluding hydrogens is 544 g/mol.